The van der Waals surface area contributed by atoms with E-state index in [1.54, 1.807) is 6.92 Å². The van der Waals surface area contributed by atoms with Gasteiger partial charge in [-0.05, 0) is 12.8 Å². The Morgan fingerprint density at radius 1 is 1.35 bits per heavy atom. The molecule has 1 rings (SSSR count). The second-order valence-electron chi connectivity index (χ2n) is 4.64. The van der Waals surface area contributed by atoms with Gasteiger partial charge in [-0.3, -0.25) is 9.69 Å². The lowest BCUT2D eigenvalue weighted by atomic mass is 10.1. The van der Waals surface area contributed by atoms with E-state index in [-0.39, 0.29) is 29.8 Å². The van der Waals surface area contributed by atoms with Crippen LogP contribution in [0.4, 0.5) is 0 Å². The van der Waals surface area contributed by atoms with Gasteiger partial charge in [-0.15, -0.1) is 0 Å². The second-order valence-corrected chi connectivity index (χ2v) is 7.11. The normalized spacial score (nSPS) is 19.4. The topological polar surface area (TPSA) is 80.5 Å². The van der Waals surface area contributed by atoms with Crippen LogP contribution in [0.1, 0.15) is 26.2 Å². The Morgan fingerprint density at radius 2 is 1.94 bits per heavy atom. The molecule has 0 spiro atoms. The number of hydrogen-bond acceptors (Lipinski definition) is 5. The monoisotopic (exact) mass is 262 g/mol. The molecular weight excluding hydrogens is 240 g/mol. The molecule has 2 N–H and O–H groups in total. The summed E-state index contributed by atoms with van der Waals surface area (Å²) in [7, 11) is -3.02. The smallest absolute Gasteiger partial charge is 0.150 e. The van der Waals surface area contributed by atoms with Crippen molar-refractivity contribution in [2.24, 2.45) is 5.73 Å². The Kier molecular flexibility index (Phi) is 5.55. The fourth-order valence-electron chi connectivity index (χ4n) is 1.85. The molecule has 6 heteroatoms. The van der Waals surface area contributed by atoms with Crippen LogP contribution in [0.25, 0.3) is 0 Å². The molecule has 0 aromatic carbocycles. The Bertz CT molecular complexity index is 346. The molecule has 0 amide bonds. The van der Waals surface area contributed by atoms with Gasteiger partial charge >= 0.3 is 0 Å². The third-order valence-corrected chi connectivity index (χ3v) is 4.87. The molecule has 100 valence electrons. The highest BCUT2D eigenvalue weighted by Crippen LogP contribution is 2.08. The van der Waals surface area contributed by atoms with E-state index in [4.69, 9.17) is 5.73 Å². The van der Waals surface area contributed by atoms with E-state index in [0.29, 0.717) is 6.54 Å². The maximum atomic E-state index is 11.6. The minimum atomic E-state index is -3.02. The number of nitrogens with zero attached hydrogens (tertiary/aromatic N) is 1. The number of sulfone groups is 1. The summed E-state index contributed by atoms with van der Waals surface area (Å²) in [6, 6.07) is 0.252. The molecule has 5 nitrogen and oxygen atoms in total. The number of nitrogens with two attached hydrogens (primary N) is 1. The highest BCUT2D eigenvalue weighted by Gasteiger charge is 2.19. The molecule has 0 atom stereocenters. The van der Waals surface area contributed by atoms with Gasteiger partial charge in [0.05, 0.1) is 12.3 Å². The lowest BCUT2D eigenvalue weighted by molar-refractivity contribution is -0.120. The van der Waals surface area contributed by atoms with Gasteiger partial charge < -0.3 is 5.73 Å². The molecule has 0 aromatic heterocycles. The van der Waals surface area contributed by atoms with E-state index >= 15 is 0 Å². The van der Waals surface area contributed by atoms with Gasteiger partial charge in [-0.1, -0.05) is 6.92 Å². The molecule has 0 aromatic rings. The highest BCUT2D eigenvalue weighted by molar-refractivity contribution is 7.91. The van der Waals surface area contributed by atoms with Crippen LogP contribution < -0.4 is 5.73 Å². The predicted octanol–water partition coefficient (Wildman–Crippen LogP) is -0.197. The van der Waals surface area contributed by atoms with E-state index in [1.165, 1.54) is 0 Å². The van der Waals surface area contributed by atoms with Crippen LogP contribution in [0.15, 0.2) is 0 Å². The summed E-state index contributed by atoms with van der Waals surface area (Å²) in [4.78, 5) is 13.7. The number of Topliss-reactive ketones (excluding diaryl/α,β-unsaturated/α-hetero) is 1. The summed E-state index contributed by atoms with van der Waals surface area (Å²) < 4.78 is 22.5. The van der Waals surface area contributed by atoms with Crippen molar-refractivity contribution in [3.05, 3.63) is 0 Å². The van der Waals surface area contributed by atoms with E-state index < -0.39 is 9.84 Å². The molecule has 0 unspecified atom stereocenters. The van der Waals surface area contributed by atoms with Gasteiger partial charge in [0.1, 0.15) is 15.6 Å². The second kappa shape index (κ2) is 6.47. The molecule has 1 heterocycles. The summed E-state index contributed by atoms with van der Waals surface area (Å²) in [6.07, 6.45) is 1.97. The van der Waals surface area contributed by atoms with Crippen molar-refractivity contribution in [2.45, 2.75) is 32.2 Å². The van der Waals surface area contributed by atoms with Crippen LogP contribution in [0, 0.1) is 0 Å². The zero-order chi connectivity index (χ0) is 12.9. The molecule has 0 aliphatic carbocycles. The quantitative estimate of drug-likeness (QED) is 0.717. The van der Waals surface area contributed by atoms with Gasteiger partial charge in [0, 0.05) is 31.3 Å². The van der Waals surface area contributed by atoms with Gasteiger partial charge in [0.25, 0.3) is 0 Å². The first-order valence-electron chi connectivity index (χ1n) is 6.13. The number of likely N-dealkylation sites (tertiary alicyclic amines) is 1. The van der Waals surface area contributed by atoms with Crippen molar-refractivity contribution in [3.63, 3.8) is 0 Å². The van der Waals surface area contributed by atoms with Crippen molar-refractivity contribution in [2.75, 3.05) is 31.1 Å². The SMILES string of the molecule is CCS(=O)(=O)CCC(=O)CN1CCC(N)CC1. The van der Waals surface area contributed by atoms with Crippen molar-refractivity contribution >= 4 is 15.6 Å². The summed E-state index contributed by atoms with van der Waals surface area (Å²) >= 11 is 0. The first-order chi connectivity index (χ1) is 7.93. The minimum Gasteiger partial charge on any atom is -0.328 e. The van der Waals surface area contributed by atoms with Gasteiger partial charge in [-0.25, -0.2) is 8.42 Å². The Labute approximate surface area is 103 Å². The van der Waals surface area contributed by atoms with Gasteiger partial charge in [-0.2, -0.15) is 0 Å². The Morgan fingerprint density at radius 3 is 2.47 bits per heavy atom. The van der Waals surface area contributed by atoms with E-state index in [0.717, 1.165) is 25.9 Å². The molecular formula is C11H22N2O3S. The van der Waals surface area contributed by atoms with E-state index in [1.807, 2.05) is 0 Å². The highest BCUT2D eigenvalue weighted by atomic mass is 32.2. The molecule has 1 fully saturated rings. The van der Waals surface area contributed by atoms with Crippen molar-refractivity contribution in [1.29, 1.82) is 0 Å². The number of carbonyl (C=O) groups excluding carboxylic acids is 1. The van der Waals surface area contributed by atoms with Crippen molar-refractivity contribution in [1.82, 2.24) is 4.90 Å². The largest absolute Gasteiger partial charge is 0.328 e. The third kappa shape index (κ3) is 5.61. The lowest BCUT2D eigenvalue weighted by Gasteiger charge is -2.29. The van der Waals surface area contributed by atoms with E-state index in [2.05, 4.69) is 4.90 Å². The van der Waals surface area contributed by atoms with Crippen LogP contribution in [0.5, 0.6) is 0 Å². The van der Waals surface area contributed by atoms with Crippen LogP contribution in [-0.2, 0) is 14.6 Å². The molecule has 1 saturated heterocycles. The zero-order valence-corrected chi connectivity index (χ0v) is 11.2. The Balaban J connectivity index is 2.26. The number of piperidine rings is 1. The predicted molar refractivity (Wildman–Crippen MR) is 67.6 cm³/mol. The lowest BCUT2D eigenvalue weighted by Crippen LogP contribution is -2.42. The molecule has 0 radical (unpaired) electrons. The molecule has 0 bridgehead atoms. The molecule has 1 aliphatic rings. The first kappa shape index (κ1) is 14.6. The van der Waals surface area contributed by atoms with Crippen LogP contribution in [-0.4, -0.2) is 56.3 Å². The van der Waals surface area contributed by atoms with Crippen LogP contribution >= 0.6 is 0 Å². The first-order valence-corrected chi connectivity index (χ1v) is 7.95. The summed E-state index contributed by atoms with van der Waals surface area (Å²) in [6.45, 7) is 3.65. The standard InChI is InChI=1S/C11H22N2O3S/c1-2-17(15,16)8-5-11(14)9-13-6-3-10(12)4-7-13/h10H,2-9,12H2,1H3. The molecule has 17 heavy (non-hydrogen) atoms. The van der Waals surface area contributed by atoms with Gasteiger partial charge in [0.2, 0.25) is 0 Å². The van der Waals surface area contributed by atoms with Crippen molar-refractivity contribution < 1.29 is 13.2 Å². The summed E-state index contributed by atoms with van der Waals surface area (Å²) in [5.41, 5.74) is 5.77. The number of hydrogen-bond donors (Lipinski definition) is 1. The zero-order valence-electron chi connectivity index (χ0n) is 10.4. The van der Waals surface area contributed by atoms with Crippen LogP contribution in [0.2, 0.25) is 0 Å². The maximum absolute atomic E-state index is 11.6. The van der Waals surface area contributed by atoms with Crippen LogP contribution in [0.3, 0.4) is 0 Å². The number of rotatable bonds is 6. The third-order valence-electron chi connectivity index (χ3n) is 3.16. The average Bonchev–Trinajstić information content (AvgIpc) is 2.30. The maximum Gasteiger partial charge on any atom is 0.150 e. The summed E-state index contributed by atoms with van der Waals surface area (Å²) in [5, 5.41) is 0. The molecule has 0 saturated carbocycles. The van der Waals surface area contributed by atoms with E-state index in [9.17, 15) is 13.2 Å². The number of ketones is 1. The summed E-state index contributed by atoms with van der Waals surface area (Å²) in [5.74, 6) is 0.103. The number of carbonyl (C=O) groups is 1. The minimum absolute atomic E-state index is 0.0116. The fourth-order valence-corrected chi connectivity index (χ4v) is 2.68. The van der Waals surface area contributed by atoms with Gasteiger partial charge in [0.15, 0.2) is 0 Å². The molecule has 1 aliphatic heterocycles. The average molecular weight is 262 g/mol. The fraction of sp³-hybridized carbons (Fsp3) is 0.909. The van der Waals surface area contributed by atoms with Crippen molar-refractivity contribution in [3.8, 4) is 0 Å². The Hall–Kier alpha value is -0.460.